The summed E-state index contributed by atoms with van der Waals surface area (Å²) in [6.45, 7) is 7.85. The van der Waals surface area contributed by atoms with E-state index >= 15 is 0 Å². The highest BCUT2D eigenvalue weighted by Crippen LogP contribution is 2.30. The van der Waals surface area contributed by atoms with Gasteiger partial charge < -0.3 is 25.6 Å². The summed E-state index contributed by atoms with van der Waals surface area (Å²) in [5.74, 6) is 2.79. The van der Waals surface area contributed by atoms with E-state index in [4.69, 9.17) is 10.5 Å². The van der Waals surface area contributed by atoms with Crippen LogP contribution in [0.2, 0.25) is 0 Å². The third-order valence-electron chi connectivity index (χ3n) is 5.72. The van der Waals surface area contributed by atoms with Crippen molar-refractivity contribution >= 4 is 28.7 Å². The number of nitrogen functional groups attached to an aromatic ring is 1. The maximum Gasteiger partial charge on any atom is 0.159 e. The van der Waals surface area contributed by atoms with Crippen molar-refractivity contribution in [1.82, 2.24) is 9.97 Å². The van der Waals surface area contributed by atoms with Crippen LogP contribution in [0.25, 0.3) is 0 Å². The Morgan fingerprint density at radius 1 is 0.903 bits per heavy atom. The van der Waals surface area contributed by atoms with Crippen molar-refractivity contribution in [3.8, 4) is 5.75 Å². The van der Waals surface area contributed by atoms with Crippen molar-refractivity contribution in [2.45, 2.75) is 19.8 Å². The molecule has 0 bridgehead atoms. The average Bonchev–Trinajstić information content (AvgIpc) is 2.81. The number of piperazine rings is 1. The van der Waals surface area contributed by atoms with Crippen LogP contribution in [-0.4, -0.2) is 43.3 Å². The predicted molar refractivity (Wildman–Crippen MR) is 128 cm³/mol. The van der Waals surface area contributed by atoms with Crippen LogP contribution in [-0.2, 0) is 0 Å². The standard InChI is InChI=1S/C24H30N6O/c1-17(2)18-4-6-19(7-5-18)28-23-22(25)24(27-16-26-23)30-14-12-29(13-15-30)20-8-10-21(31-3)11-9-20/h4-11,16-17H,12-15,25H2,1-3H3,(H,26,27,28). The van der Waals surface area contributed by atoms with E-state index in [2.05, 4.69) is 75.3 Å². The number of nitrogens with zero attached hydrogens (tertiary/aromatic N) is 4. The van der Waals surface area contributed by atoms with Crippen LogP contribution in [0.15, 0.2) is 54.9 Å². The first-order valence-corrected chi connectivity index (χ1v) is 10.7. The molecule has 0 atom stereocenters. The maximum atomic E-state index is 6.46. The molecule has 1 aromatic heterocycles. The highest BCUT2D eigenvalue weighted by Gasteiger charge is 2.21. The Kier molecular flexibility index (Phi) is 6.11. The van der Waals surface area contributed by atoms with E-state index in [1.807, 2.05) is 12.1 Å². The smallest absolute Gasteiger partial charge is 0.159 e. The summed E-state index contributed by atoms with van der Waals surface area (Å²) < 4.78 is 5.25. The zero-order valence-corrected chi connectivity index (χ0v) is 18.4. The molecule has 31 heavy (non-hydrogen) atoms. The molecule has 0 amide bonds. The molecule has 0 spiro atoms. The molecule has 162 valence electrons. The van der Waals surface area contributed by atoms with Gasteiger partial charge in [-0.2, -0.15) is 0 Å². The number of aromatic nitrogens is 2. The highest BCUT2D eigenvalue weighted by atomic mass is 16.5. The van der Waals surface area contributed by atoms with Crippen LogP contribution >= 0.6 is 0 Å². The fraction of sp³-hybridized carbons (Fsp3) is 0.333. The Labute approximate surface area is 183 Å². The SMILES string of the molecule is COc1ccc(N2CCN(c3ncnc(Nc4ccc(C(C)C)cc4)c3N)CC2)cc1. The number of ether oxygens (including phenoxy) is 1. The lowest BCUT2D eigenvalue weighted by atomic mass is 10.0. The van der Waals surface area contributed by atoms with Crippen LogP contribution < -0.4 is 25.6 Å². The topological polar surface area (TPSA) is 79.5 Å². The Hall–Kier alpha value is -3.48. The molecule has 0 saturated carbocycles. The second kappa shape index (κ2) is 9.12. The Balaban J connectivity index is 1.43. The van der Waals surface area contributed by atoms with Gasteiger partial charge in [0, 0.05) is 37.6 Å². The first kappa shape index (κ1) is 20.8. The molecule has 1 fully saturated rings. The number of methoxy groups -OCH3 is 1. The number of nitrogens with two attached hydrogens (primary N) is 1. The minimum Gasteiger partial charge on any atom is -0.497 e. The van der Waals surface area contributed by atoms with Crippen molar-refractivity contribution < 1.29 is 4.74 Å². The molecule has 3 aromatic rings. The van der Waals surface area contributed by atoms with Gasteiger partial charge in [0.2, 0.25) is 0 Å². The quantitative estimate of drug-likeness (QED) is 0.619. The number of rotatable bonds is 6. The number of hydrogen-bond acceptors (Lipinski definition) is 7. The van der Waals surface area contributed by atoms with Gasteiger partial charge in [-0.1, -0.05) is 26.0 Å². The molecule has 4 rings (SSSR count). The summed E-state index contributed by atoms with van der Waals surface area (Å²) >= 11 is 0. The van der Waals surface area contributed by atoms with Gasteiger partial charge in [-0.25, -0.2) is 9.97 Å². The predicted octanol–water partition coefficient (Wildman–Crippen LogP) is 4.26. The van der Waals surface area contributed by atoms with Crippen LogP contribution in [0.4, 0.5) is 28.7 Å². The van der Waals surface area contributed by atoms with Gasteiger partial charge in [0.15, 0.2) is 11.6 Å². The highest BCUT2D eigenvalue weighted by molar-refractivity contribution is 5.78. The van der Waals surface area contributed by atoms with E-state index in [-0.39, 0.29) is 0 Å². The van der Waals surface area contributed by atoms with Crippen molar-refractivity contribution in [1.29, 1.82) is 0 Å². The zero-order valence-electron chi connectivity index (χ0n) is 18.4. The van der Waals surface area contributed by atoms with Crippen LogP contribution in [0, 0.1) is 0 Å². The molecule has 1 saturated heterocycles. The minimum atomic E-state index is 0.501. The molecule has 0 aliphatic carbocycles. The number of benzene rings is 2. The molecule has 2 aromatic carbocycles. The first-order chi connectivity index (χ1) is 15.0. The summed E-state index contributed by atoms with van der Waals surface area (Å²) in [5.41, 5.74) is 10.5. The van der Waals surface area contributed by atoms with Gasteiger partial charge >= 0.3 is 0 Å². The van der Waals surface area contributed by atoms with Gasteiger partial charge in [-0.15, -0.1) is 0 Å². The number of anilines is 5. The summed E-state index contributed by atoms with van der Waals surface area (Å²) in [6.07, 6.45) is 1.58. The first-order valence-electron chi connectivity index (χ1n) is 10.7. The molecule has 7 heteroatoms. The van der Waals surface area contributed by atoms with Gasteiger partial charge in [0.25, 0.3) is 0 Å². The zero-order chi connectivity index (χ0) is 21.8. The monoisotopic (exact) mass is 418 g/mol. The third kappa shape index (κ3) is 4.66. The van der Waals surface area contributed by atoms with E-state index < -0.39 is 0 Å². The van der Waals surface area contributed by atoms with Gasteiger partial charge in [-0.05, 0) is 47.9 Å². The second-order valence-electron chi connectivity index (χ2n) is 8.03. The normalized spacial score (nSPS) is 14.1. The van der Waals surface area contributed by atoms with E-state index in [9.17, 15) is 0 Å². The van der Waals surface area contributed by atoms with E-state index in [0.29, 0.717) is 17.4 Å². The molecule has 3 N–H and O–H groups in total. The van der Waals surface area contributed by atoms with Gasteiger partial charge in [-0.3, -0.25) is 0 Å². The maximum absolute atomic E-state index is 6.46. The fourth-order valence-corrected chi connectivity index (χ4v) is 3.80. The van der Waals surface area contributed by atoms with Gasteiger partial charge in [0.05, 0.1) is 7.11 Å². The molecule has 1 aliphatic heterocycles. The summed E-state index contributed by atoms with van der Waals surface area (Å²) in [5, 5.41) is 3.34. The van der Waals surface area contributed by atoms with Crippen molar-refractivity contribution in [3.05, 3.63) is 60.4 Å². The van der Waals surface area contributed by atoms with Gasteiger partial charge in [0.1, 0.15) is 17.8 Å². The summed E-state index contributed by atoms with van der Waals surface area (Å²) in [6, 6.07) is 16.6. The van der Waals surface area contributed by atoms with Crippen LogP contribution in [0.1, 0.15) is 25.3 Å². The minimum absolute atomic E-state index is 0.501. The summed E-state index contributed by atoms with van der Waals surface area (Å²) in [7, 11) is 1.68. The second-order valence-corrected chi connectivity index (χ2v) is 8.03. The molecule has 2 heterocycles. The van der Waals surface area contributed by atoms with E-state index in [1.165, 1.54) is 11.3 Å². The molecule has 7 nitrogen and oxygen atoms in total. The lowest BCUT2D eigenvalue weighted by Gasteiger charge is -2.37. The molecule has 1 aliphatic rings. The Bertz CT molecular complexity index is 996. The van der Waals surface area contributed by atoms with Crippen molar-refractivity contribution in [3.63, 3.8) is 0 Å². The summed E-state index contributed by atoms with van der Waals surface area (Å²) in [4.78, 5) is 13.4. The largest absolute Gasteiger partial charge is 0.497 e. The third-order valence-corrected chi connectivity index (χ3v) is 5.72. The van der Waals surface area contributed by atoms with Crippen LogP contribution in [0.3, 0.4) is 0 Å². The lowest BCUT2D eigenvalue weighted by Crippen LogP contribution is -2.47. The Morgan fingerprint density at radius 3 is 2.16 bits per heavy atom. The van der Waals surface area contributed by atoms with Crippen LogP contribution in [0.5, 0.6) is 5.75 Å². The lowest BCUT2D eigenvalue weighted by molar-refractivity contribution is 0.415. The molecular formula is C24H30N6O. The molecule has 0 unspecified atom stereocenters. The van der Waals surface area contributed by atoms with Crippen molar-refractivity contribution in [2.75, 3.05) is 54.1 Å². The van der Waals surface area contributed by atoms with E-state index in [1.54, 1.807) is 13.4 Å². The fourth-order valence-electron chi connectivity index (χ4n) is 3.80. The average molecular weight is 419 g/mol. The Morgan fingerprint density at radius 2 is 1.55 bits per heavy atom. The van der Waals surface area contributed by atoms with E-state index in [0.717, 1.165) is 43.4 Å². The number of hydrogen-bond donors (Lipinski definition) is 2. The molecule has 0 radical (unpaired) electrons. The number of nitrogens with one attached hydrogen (secondary N) is 1. The molecular weight excluding hydrogens is 388 g/mol. The van der Waals surface area contributed by atoms with Crippen molar-refractivity contribution in [2.24, 2.45) is 0 Å².